The predicted molar refractivity (Wildman–Crippen MR) is 125 cm³/mol. The molecule has 4 fully saturated rings. The van der Waals surface area contributed by atoms with Gasteiger partial charge in [-0.1, -0.05) is 6.07 Å². The minimum Gasteiger partial charge on any atom is -0.323 e. The van der Waals surface area contributed by atoms with Crippen LogP contribution in [0.5, 0.6) is 0 Å². The largest absolute Gasteiger partial charge is 0.323 e. The molecule has 2 heterocycles. The number of nitrogens with one attached hydrogen (secondary N) is 1. The SMILES string of the molecule is N#Cc1cccc(C(=O)NC(=O)c2cccn3cccc23)c1CC12CC3CC(CC(C3)C1)C2. The lowest BCUT2D eigenvalue weighted by Crippen LogP contribution is -2.47. The van der Waals surface area contributed by atoms with Crippen molar-refractivity contribution < 1.29 is 9.59 Å². The first kappa shape index (κ1) is 20.2. The average Bonchev–Trinajstić information content (AvgIpc) is 3.27. The molecule has 0 aliphatic heterocycles. The van der Waals surface area contributed by atoms with Gasteiger partial charge in [-0.2, -0.15) is 5.26 Å². The number of nitriles is 1. The summed E-state index contributed by atoms with van der Waals surface area (Å²) in [6.07, 6.45) is 12.2. The lowest BCUT2D eigenvalue weighted by atomic mass is 9.48. The molecule has 2 amide bonds. The van der Waals surface area contributed by atoms with Crippen LogP contribution in [0.1, 0.15) is 70.4 Å². The highest BCUT2D eigenvalue weighted by Crippen LogP contribution is 2.61. The Balaban J connectivity index is 1.31. The molecular formula is C28H27N3O2. The topological polar surface area (TPSA) is 74.4 Å². The van der Waals surface area contributed by atoms with Crippen LogP contribution in [0.4, 0.5) is 0 Å². The zero-order valence-electron chi connectivity index (χ0n) is 18.6. The second-order valence-corrected chi connectivity index (χ2v) is 10.5. The van der Waals surface area contributed by atoms with E-state index in [-0.39, 0.29) is 5.41 Å². The molecular weight excluding hydrogens is 410 g/mol. The minimum absolute atomic E-state index is 0.193. The van der Waals surface area contributed by atoms with Gasteiger partial charge in [-0.05, 0) is 110 Å². The van der Waals surface area contributed by atoms with Crippen molar-refractivity contribution in [3.63, 3.8) is 0 Å². The molecule has 4 aliphatic carbocycles. The van der Waals surface area contributed by atoms with E-state index in [1.807, 2.05) is 28.9 Å². The van der Waals surface area contributed by atoms with E-state index in [4.69, 9.17) is 0 Å². The molecule has 2 aromatic heterocycles. The summed E-state index contributed by atoms with van der Waals surface area (Å²) >= 11 is 0. The number of hydrogen-bond acceptors (Lipinski definition) is 3. The molecule has 4 bridgehead atoms. The number of carbonyl (C=O) groups is 2. The number of amides is 2. The molecule has 5 nitrogen and oxygen atoms in total. The van der Waals surface area contributed by atoms with Crippen molar-refractivity contribution >= 4 is 17.3 Å². The fourth-order valence-corrected chi connectivity index (χ4v) is 7.48. The number of rotatable bonds is 4. The number of pyridine rings is 1. The lowest BCUT2D eigenvalue weighted by molar-refractivity contribution is -0.0522. The third-order valence-electron chi connectivity index (χ3n) is 8.29. The van der Waals surface area contributed by atoms with E-state index >= 15 is 0 Å². The number of imide groups is 1. The Morgan fingerprint density at radius 1 is 0.909 bits per heavy atom. The molecule has 0 spiro atoms. The Hall–Kier alpha value is -3.39. The van der Waals surface area contributed by atoms with Crippen molar-refractivity contribution in [3.8, 4) is 6.07 Å². The molecule has 0 unspecified atom stereocenters. The first-order chi connectivity index (χ1) is 16.0. The van der Waals surface area contributed by atoms with Crippen LogP contribution in [0.2, 0.25) is 0 Å². The van der Waals surface area contributed by atoms with Gasteiger partial charge in [-0.25, -0.2) is 0 Å². The highest BCUT2D eigenvalue weighted by molar-refractivity contribution is 6.13. The molecule has 1 aromatic carbocycles. The second kappa shape index (κ2) is 7.59. The molecule has 33 heavy (non-hydrogen) atoms. The van der Waals surface area contributed by atoms with Crippen molar-refractivity contribution in [3.05, 3.63) is 77.1 Å². The van der Waals surface area contributed by atoms with Gasteiger partial charge < -0.3 is 4.40 Å². The fourth-order valence-electron chi connectivity index (χ4n) is 7.48. The molecule has 7 rings (SSSR count). The summed E-state index contributed by atoms with van der Waals surface area (Å²) in [5.74, 6) is 1.54. The highest BCUT2D eigenvalue weighted by Gasteiger charge is 2.51. The van der Waals surface area contributed by atoms with E-state index < -0.39 is 11.8 Å². The molecule has 3 aromatic rings. The third-order valence-corrected chi connectivity index (χ3v) is 8.29. The summed E-state index contributed by atoms with van der Waals surface area (Å²) in [5.41, 5.74) is 3.23. The normalized spacial score (nSPS) is 27.4. The Morgan fingerprint density at radius 2 is 1.52 bits per heavy atom. The highest BCUT2D eigenvalue weighted by atomic mass is 16.2. The van der Waals surface area contributed by atoms with E-state index in [9.17, 15) is 14.9 Å². The summed E-state index contributed by atoms with van der Waals surface area (Å²) in [4.78, 5) is 26.3. The smallest absolute Gasteiger partial charge is 0.260 e. The Labute approximate surface area is 193 Å². The van der Waals surface area contributed by atoms with Crippen LogP contribution < -0.4 is 5.32 Å². The molecule has 166 valence electrons. The number of hydrogen-bond donors (Lipinski definition) is 1. The standard InChI is InChI=1S/C28H27N3O2/c29-17-21-4-1-5-22(24(21)16-28-13-18-10-19(14-28)12-20(11-18)15-28)26(32)30-27(33)23-6-2-8-31-9-3-7-25(23)31/h1-9,18-20H,10-16H2,(H,30,32,33). The van der Waals surface area contributed by atoms with Gasteiger partial charge in [0, 0.05) is 18.0 Å². The molecule has 1 N–H and O–H groups in total. The van der Waals surface area contributed by atoms with Gasteiger partial charge >= 0.3 is 0 Å². The maximum atomic E-state index is 13.3. The number of carbonyl (C=O) groups excluding carboxylic acids is 2. The average molecular weight is 438 g/mol. The number of fused-ring (bicyclic) bond motifs is 1. The summed E-state index contributed by atoms with van der Waals surface area (Å²) < 4.78 is 1.86. The summed E-state index contributed by atoms with van der Waals surface area (Å²) in [6.45, 7) is 0. The summed E-state index contributed by atoms with van der Waals surface area (Å²) in [6, 6.07) is 14.9. The van der Waals surface area contributed by atoms with Gasteiger partial charge in [0.05, 0.1) is 22.7 Å². The van der Waals surface area contributed by atoms with Crippen molar-refractivity contribution in [2.24, 2.45) is 23.2 Å². The summed E-state index contributed by atoms with van der Waals surface area (Å²) in [5, 5.41) is 12.4. The number of aromatic nitrogens is 1. The van der Waals surface area contributed by atoms with E-state index in [1.165, 1.54) is 38.5 Å². The predicted octanol–water partition coefficient (Wildman–Crippen LogP) is 5.14. The van der Waals surface area contributed by atoms with Crippen LogP contribution in [-0.2, 0) is 6.42 Å². The first-order valence-electron chi connectivity index (χ1n) is 12.0. The maximum Gasteiger partial charge on any atom is 0.260 e. The zero-order valence-corrected chi connectivity index (χ0v) is 18.6. The van der Waals surface area contributed by atoms with Gasteiger partial charge in [-0.15, -0.1) is 0 Å². The first-order valence-corrected chi connectivity index (χ1v) is 12.0. The van der Waals surface area contributed by atoms with E-state index in [1.54, 1.807) is 30.3 Å². The van der Waals surface area contributed by atoms with Crippen LogP contribution in [0.25, 0.3) is 5.52 Å². The lowest BCUT2D eigenvalue weighted by Gasteiger charge is -2.57. The molecule has 0 atom stereocenters. The molecule has 0 radical (unpaired) electrons. The Morgan fingerprint density at radius 3 is 2.18 bits per heavy atom. The summed E-state index contributed by atoms with van der Waals surface area (Å²) in [7, 11) is 0. The second-order valence-electron chi connectivity index (χ2n) is 10.5. The van der Waals surface area contributed by atoms with Crippen molar-refractivity contribution in [1.82, 2.24) is 9.72 Å². The van der Waals surface area contributed by atoms with Gasteiger partial charge in [-0.3, -0.25) is 14.9 Å². The monoisotopic (exact) mass is 437 g/mol. The maximum absolute atomic E-state index is 13.3. The van der Waals surface area contributed by atoms with Crippen LogP contribution in [0, 0.1) is 34.5 Å². The zero-order chi connectivity index (χ0) is 22.6. The van der Waals surface area contributed by atoms with Gasteiger partial charge in [0.2, 0.25) is 0 Å². The van der Waals surface area contributed by atoms with Crippen LogP contribution in [0.15, 0.2) is 54.9 Å². The fraction of sp³-hybridized carbons (Fsp3) is 0.393. The third kappa shape index (κ3) is 3.45. The number of benzene rings is 1. The van der Waals surface area contributed by atoms with E-state index in [0.717, 1.165) is 35.3 Å². The van der Waals surface area contributed by atoms with Gasteiger partial charge in [0.15, 0.2) is 0 Å². The van der Waals surface area contributed by atoms with Crippen molar-refractivity contribution in [2.45, 2.75) is 44.9 Å². The Bertz CT molecular complexity index is 1280. The molecule has 5 heteroatoms. The Kier molecular flexibility index (Phi) is 4.65. The van der Waals surface area contributed by atoms with Crippen LogP contribution in [-0.4, -0.2) is 16.2 Å². The van der Waals surface area contributed by atoms with Crippen LogP contribution in [0.3, 0.4) is 0 Å². The van der Waals surface area contributed by atoms with E-state index in [2.05, 4.69) is 11.4 Å². The quantitative estimate of drug-likeness (QED) is 0.574. The number of nitrogens with zero attached hydrogens (tertiary/aromatic N) is 2. The molecule has 4 aliphatic rings. The van der Waals surface area contributed by atoms with Crippen molar-refractivity contribution in [1.29, 1.82) is 5.26 Å². The molecule has 0 saturated heterocycles. The van der Waals surface area contributed by atoms with Crippen LogP contribution >= 0.6 is 0 Å². The van der Waals surface area contributed by atoms with Gasteiger partial charge in [0.25, 0.3) is 11.8 Å². The van der Waals surface area contributed by atoms with E-state index in [0.29, 0.717) is 16.7 Å². The van der Waals surface area contributed by atoms with Gasteiger partial charge in [0.1, 0.15) is 0 Å². The minimum atomic E-state index is -0.426. The van der Waals surface area contributed by atoms with Crippen molar-refractivity contribution in [2.75, 3.05) is 0 Å². The molecule has 4 saturated carbocycles.